The summed E-state index contributed by atoms with van der Waals surface area (Å²) in [7, 11) is 0. The average molecular weight is 186 g/mol. The highest BCUT2D eigenvalue weighted by molar-refractivity contribution is 5.74. The Labute approximate surface area is 79.4 Å². The first-order valence-electron chi connectivity index (χ1n) is 5.02. The molecule has 1 heterocycles. The second kappa shape index (κ2) is 5.22. The molecule has 0 aliphatic carbocycles. The zero-order chi connectivity index (χ0) is 9.68. The molecule has 0 N–H and O–H groups in total. The van der Waals surface area contributed by atoms with Gasteiger partial charge in [0.1, 0.15) is 6.10 Å². The van der Waals surface area contributed by atoms with Crippen LogP contribution in [0.4, 0.5) is 0 Å². The number of ether oxygens (including phenoxy) is 2. The van der Waals surface area contributed by atoms with E-state index < -0.39 is 0 Å². The molecular formula is C10H18O3. The minimum atomic E-state index is -0.0795. The molecule has 76 valence electrons. The molecule has 0 radical (unpaired) electrons. The van der Waals surface area contributed by atoms with Crippen molar-refractivity contribution in [1.82, 2.24) is 0 Å². The largest absolute Gasteiger partial charge is 0.460 e. The van der Waals surface area contributed by atoms with E-state index in [0.29, 0.717) is 6.61 Å². The van der Waals surface area contributed by atoms with Crippen LogP contribution in [0.5, 0.6) is 0 Å². The molecule has 0 amide bonds. The van der Waals surface area contributed by atoms with Crippen molar-refractivity contribution in [2.24, 2.45) is 5.92 Å². The van der Waals surface area contributed by atoms with Gasteiger partial charge >= 0.3 is 5.97 Å². The van der Waals surface area contributed by atoms with Crippen molar-refractivity contribution in [1.29, 1.82) is 0 Å². The lowest BCUT2D eigenvalue weighted by Crippen LogP contribution is -2.15. The predicted octanol–water partition coefficient (Wildman–Crippen LogP) is 1.75. The summed E-state index contributed by atoms with van der Waals surface area (Å²) < 4.78 is 10.5. The second-order valence-corrected chi connectivity index (χ2v) is 3.62. The maximum absolute atomic E-state index is 11.0. The first kappa shape index (κ1) is 10.5. The Bertz CT molecular complexity index is 168. The zero-order valence-electron chi connectivity index (χ0n) is 8.41. The monoisotopic (exact) mass is 186 g/mol. The Balaban J connectivity index is 2.07. The predicted molar refractivity (Wildman–Crippen MR) is 49.4 cm³/mol. The van der Waals surface area contributed by atoms with Crippen LogP contribution in [0.3, 0.4) is 0 Å². The van der Waals surface area contributed by atoms with Gasteiger partial charge in [0.2, 0.25) is 0 Å². The van der Waals surface area contributed by atoms with Gasteiger partial charge in [0.15, 0.2) is 0 Å². The Morgan fingerprint density at radius 2 is 2.38 bits per heavy atom. The quantitative estimate of drug-likeness (QED) is 0.484. The highest BCUT2D eigenvalue weighted by Gasteiger charge is 2.30. The van der Waals surface area contributed by atoms with Gasteiger partial charge in [-0.3, -0.25) is 4.79 Å². The third kappa shape index (κ3) is 3.35. The van der Waals surface area contributed by atoms with E-state index in [2.05, 4.69) is 6.92 Å². The van der Waals surface area contributed by atoms with E-state index in [1.165, 1.54) is 0 Å². The molecule has 1 aliphatic heterocycles. The Morgan fingerprint density at radius 3 is 2.92 bits per heavy atom. The van der Waals surface area contributed by atoms with Gasteiger partial charge in [-0.15, -0.1) is 0 Å². The van der Waals surface area contributed by atoms with E-state index in [-0.39, 0.29) is 18.0 Å². The summed E-state index contributed by atoms with van der Waals surface area (Å²) in [4.78, 5) is 11.0. The lowest BCUT2D eigenvalue weighted by molar-refractivity contribution is -0.145. The van der Waals surface area contributed by atoms with Crippen molar-refractivity contribution in [2.75, 3.05) is 13.2 Å². The van der Waals surface area contributed by atoms with Crippen LogP contribution in [0.15, 0.2) is 0 Å². The normalized spacial score (nSPS) is 27.7. The van der Waals surface area contributed by atoms with E-state index in [1.807, 2.05) is 6.92 Å². The van der Waals surface area contributed by atoms with E-state index in [4.69, 9.17) is 9.47 Å². The minimum Gasteiger partial charge on any atom is -0.460 e. The summed E-state index contributed by atoms with van der Waals surface area (Å²) in [6.45, 7) is 5.37. The summed E-state index contributed by atoms with van der Waals surface area (Å²) >= 11 is 0. The van der Waals surface area contributed by atoms with Crippen molar-refractivity contribution in [3.63, 3.8) is 0 Å². The molecule has 0 unspecified atom stereocenters. The third-order valence-electron chi connectivity index (χ3n) is 2.25. The standard InChI is InChI=1S/C10H18O3/c1-3-4-5-12-7-9-6-8(2)10(11)13-9/h8-9H,3-7H2,1-2H3/t8-,9+/m1/s1. The molecule has 1 saturated heterocycles. The van der Waals surface area contributed by atoms with Crippen LogP contribution in [0.2, 0.25) is 0 Å². The molecule has 0 aromatic heterocycles. The summed E-state index contributed by atoms with van der Waals surface area (Å²) in [5.74, 6) is -0.0242. The molecule has 0 aromatic rings. The molecular weight excluding hydrogens is 168 g/mol. The Hall–Kier alpha value is -0.570. The summed E-state index contributed by atoms with van der Waals surface area (Å²) in [6, 6.07) is 0. The molecule has 0 aromatic carbocycles. The van der Waals surface area contributed by atoms with Crippen molar-refractivity contribution in [2.45, 2.75) is 39.2 Å². The van der Waals surface area contributed by atoms with Crippen LogP contribution < -0.4 is 0 Å². The number of rotatable bonds is 5. The molecule has 0 bridgehead atoms. The molecule has 1 rings (SSSR count). The Morgan fingerprint density at radius 1 is 1.62 bits per heavy atom. The number of carbonyl (C=O) groups excluding carboxylic acids is 1. The molecule has 13 heavy (non-hydrogen) atoms. The van der Waals surface area contributed by atoms with Gasteiger partial charge < -0.3 is 9.47 Å². The lowest BCUT2D eigenvalue weighted by atomic mass is 10.1. The van der Waals surface area contributed by atoms with Crippen LogP contribution in [0.1, 0.15) is 33.1 Å². The van der Waals surface area contributed by atoms with E-state index in [9.17, 15) is 4.79 Å². The highest BCUT2D eigenvalue weighted by Crippen LogP contribution is 2.20. The Kier molecular flexibility index (Phi) is 4.22. The van der Waals surface area contributed by atoms with E-state index in [0.717, 1.165) is 25.9 Å². The first-order chi connectivity index (χ1) is 6.24. The molecule has 0 saturated carbocycles. The number of esters is 1. The maximum Gasteiger partial charge on any atom is 0.309 e. The third-order valence-corrected chi connectivity index (χ3v) is 2.25. The fourth-order valence-electron chi connectivity index (χ4n) is 1.38. The summed E-state index contributed by atoms with van der Waals surface area (Å²) in [5.41, 5.74) is 0. The van der Waals surface area contributed by atoms with Crippen molar-refractivity contribution < 1.29 is 14.3 Å². The van der Waals surface area contributed by atoms with Crippen molar-refractivity contribution >= 4 is 5.97 Å². The second-order valence-electron chi connectivity index (χ2n) is 3.62. The summed E-state index contributed by atoms with van der Waals surface area (Å²) in [5, 5.41) is 0. The van der Waals surface area contributed by atoms with Gasteiger partial charge in [-0.2, -0.15) is 0 Å². The van der Waals surface area contributed by atoms with E-state index in [1.54, 1.807) is 0 Å². The molecule has 1 aliphatic rings. The van der Waals surface area contributed by atoms with E-state index >= 15 is 0 Å². The van der Waals surface area contributed by atoms with Gasteiger partial charge in [0, 0.05) is 6.61 Å². The smallest absolute Gasteiger partial charge is 0.309 e. The average Bonchev–Trinajstić information content (AvgIpc) is 2.41. The lowest BCUT2D eigenvalue weighted by Gasteiger charge is -2.08. The summed E-state index contributed by atoms with van der Waals surface area (Å²) in [6.07, 6.45) is 3.03. The topological polar surface area (TPSA) is 35.5 Å². The fourth-order valence-corrected chi connectivity index (χ4v) is 1.38. The maximum atomic E-state index is 11.0. The molecule has 0 spiro atoms. The SMILES string of the molecule is CCCCOC[C@@H]1C[C@@H](C)C(=O)O1. The van der Waals surface area contributed by atoms with Crippen LogP contribution in [-0.4, -0.2) is 25.3 Å². The minimum absolute atomic E-state index is 0.000596. The van der Waals surface area contributed by atoms with Crippen molar-refractivity contribution in [3.05, 3.63) is 0 Å². The van der Waals surface area contributed by atoms with Gasteiger partial charge in [-0.25, -0.2) is 0 Å². The van der Waals surface area contributed by atoms with Gasteiger partial charge in [-0.1, -0.05) is 20.3 Å². The molecule has 3 nitrogen and oxygen atoms in total. The van der Waals surface area contributed by atoms with Crippen LogP contribution in [0.25, 0.3) is 0 Å². The van der Waals surface area contributed by atoms with Gasteiger partial charge in [0.25, 0.3) is 0 Å². The zero-order valence-corrected chi connectivity index (χ0v) is 8.41. The molecule has 1 fully saturated rings. The number of hydrogen-bond acceptors (Lipinski definition) is 3. The first-order valence-corrected chi connectivity index (χ1v) is 5.02. The number of carbonyl (C=O) groups is 1. The van der Waals surface area contributed by atoms with Gasteiger partial charge in [0.05, 0.1) is 12.5 Å². The van der Waals surface area contributed by atoms with Crippen LogP contribution in [-0.2, 0) is 14.3 Å². The molecule has 3 heteroatoms. The van der Waals surface area contributed by atoms with Gasteiger partial charge in [-0.05, 0) is 12.8 Å². The highest BCUT2D eigenvalue weighted by atomic mass is 16.6. The van der Waals surface area contributed by atoms with Crippen LogP contribution >= 0.6 is 0 Å². The van der Waals surface area contributed by atoms with Crippen molar-refractivity contribution in [3.8, 4) is 0 Å². The molecule has 2 atom stereocenters. The number of cyclic esters (lactones) is 1. The van der Waals surface area contributed by atoms with Crippen LogP contribution in [0, 0.1) is 5.92 Å². The number of hydrogen-bond donors (Lipinski definition) is 0. The fraction of sp³-hybridized carbons (Fsp3) is 0.900. The number of unbranched alkanes of at least 4 members (excludes halogenated alkanes) is 1.